The maximum Gasteiger partial charge on any atom is 0.326 e. The molecule has 2 unspecified atom stereocenters. The molecule has 0 bridgehead atoms. The molecule has 3 N–H and O–H groups in total. The van der Waals surface area contributed by atoms with Crippen molar-refractivity contribution in [3.05, 3.63) is 0 Å². The fourth-order valence-electron chi connectivity index (χ4n) is 1.99. The van der Waals surface area contributed by atoms with Crippen LogP contribution in [0, 0.1) is 0 Å². The number of carboxylic acid groups (broad SMARTS) is 1. The number of aliphatic carboxylic acids is 1. The first kappa shape index (κ1) is 15.7. The number of hydrogen-bond acceptors (Lipinski definition) is 4. The second kappa shape index (κ2) is 7.30. The van der Waals surface area contributed by atoms with Gasteiger partial charge in [-0.15, -0.1) is 0 Å². The van der Waals surface area contributed by atoms with Crippen molar-refractivity contribution in [3.63, 3.8) is 0 Å². The maximum atomic E-state index is 11.8. The third kappa shape index (κ3) is 5.44. The SMILES string of the molecule is COCCC(NC(=O)NC1(C)CCCOC1)C(=O)O. The number of hydrogen-bond donors (Lipinski definition) is 3. The van der Waals surface area contributed by atoms with Crippen molar-refractivity contribution in [2.75, 3.05) is 26.9 Å². The number of nitrogens with one attached hydrogen (secondary N) is 2. The zero-order valence-electron chi connectivity index (χ0n) is 11.4. The topological polar surface area (TPSA) is 96.9 Å². The molecule has 0 spiro atoms. The average molecular weight is 274 g/mol. The zero-order valence-corrected chi connectivity index (χ0v) is 11.4. The molecule has 1 saturated heterocycles. The van der Waals surface area contributed by atoms with E-state index in [1.807, 2.05) is 6.92 Å². The molecule has 0 saturated carbocycles. The zero-order chi connectivity index (χ0) is 14.3. The van der Waals surface area contributed by atoms with Gasteiger partial charge in [0.1, 0.15) is 6.04 Å². The third-order valence-corrected chi connectivity index (χ3v) is 3.07. The summed E-state index contributed by atoms with van der Waals surface area (Å²) in [6, 6.07) is -1.44. The van der Waals surface area contributed by atoms with E-state index in [1.165, 1.54) is 7.11 Å². The lowest BCUT2D eigenvalue weighted by Gasteiger charge is -2.34. The number of carbonyl (C=O) groups is 2. The summed E-state index contributed by atoms with van der Waals surface area (Å²) in [6.07, 6.45) is 1.92. The van der Waals surface area contributed by atoms with Crippen molar-refractivity contribution in [2.45, 2.75) is 37.8 Å². The Balaban J connectivity index is 2.45. The van der Waals surface area contributed by atoms with Crippen LogP contribution in [0.4, 0.5) is 4.79 Å². The number of ether oxygens (including phenoxy) is 2. The third-order valence-electron chi connectivity index (χ3n) is 3.07. The summed E-state index contributed by atoms with van der Waals surface area (Å²) < 4.78 is 10.1. The first-order valence-corrected chi connectivity index (χ1v) is 6.35. The largest absolute Gasteiger partial charge is 0.480 e. The van der Waals surface area contributed by atoms with Crippen LogP contribution in [0.1, 0.15) is 26.2 Å². The lowest BCUT2D eigenvalue weighted by atomic mass is 9.95. The predicted molar refractivity (Wildman–Crippen MR) is 68.0 cm³/mol. The van der Waals surface area contributed by atoms with E-state index in [4.69, 9.17) is 14.6 Å². The van der Waals surface area contributed by atoms with Crippen molar-refractivity contribution >= 4 is 12.0 Å². The van der Waals surface area contributed by atoms with Gasteiger partial charge < -0.3 is 25.2 Å². The smallest absolute Gasteiger partial charge is 0.326 e. The molecule has 1 aliphatic heterocycles. The second-order valence-corrected chi connectivity index (χ2v) is 4.99. The second-order valence-electron chi connectivity index (χ2n) is 4.99. The van der Waals surface area contributed by atoms with E-state index in [0.717, 1.165) is 12.8 Å². The molecule has 0 aromatic carbocycles. The van der Waals surface area contributed by atoms with Crippen LogP contribution in [-0.2, 0) is 14.3 Å². The molecule has 0 aromatic rings. The molecule has 0 radical (unpaired) electrons. The molecule has 19 heavy (non-hydrogen) atoms. The van der Waals surface area contributed by atoms with Gasteiger partial charge in [0.05, 0.1) is 12.1 Å². The highest BCUT2D eigenvalue weighted by atomic mass is 16.5. The van der Waals surface area contributed by atoms with E-state index in [2.05, 4.69) is 10.6 Å². The number of carbonyl (C=O) groups excluding carboxylic acids is 1. The molecular formula is C12H22N2O5. The first-order valence-electron chi connectivity index (χ1n) is 6.35. The standard InChI is InChI=1S/C12H22N2O5/c1-12(5-3-6-19-8-12)14-11(17)13-9(10(15)16)4-7-18-2/h9H,3-8H2,1-2H3,(H,15,16)(H2,13,14,17). The van der Waals surface area contributed by atoms with Gasteiger partial charge in [-0.25, -0.2) is 9.59 Å². The minimum absolute atomic E-state index is 0.229. The van der Waals surface area contributed by atoms with Crippen molar-refractivity contribution in [2.24, 2.45) is 0 Å². The van der Waals surface area contributed by atoms with Gasteiger partial charge in [-0.05, 0) is 19.8 Å². The number of rotatable bonds is 6. The van der Waals surface area contributed by atoms with Crippen LogP contribution in [0.5, 0.6) is 0 Å². The van der Waals surface area contributed by atoms with E-state index in [9.17, 15) is 9.59 Å². The average Bonchev–Trinajstić information content (AvgIpc) is 2.34. The van der Waals surface area contributed by atoms with Crippen LogP contribution in [0.25, 0.3) is 0 Å². The molecule has 110 valence electrons. The Bertz CT molecular complexity index is 315. The Kier molecular flexibility index (Phi) is 6.04. The van der Waals surface area contributed by atoms with Crippen molar-refractivity contribution in [1.82, 2.24) is 10.6 Å². The molecule has 0 aromatic heterocycles. The van der Waals surface area contributed by atoms with Gasteiger partial charge in [-0.3, -0.25) is 0 Å². The fourth-order valence-corrected chi connectivity index (χ4v) is 1.99. The first-order chi connectivity index (χ1) is 8.97. The Hall–Kier alpha value is -1.34. The van der Waals surface area contributed by atoms with E-state index >= 15 is 0 Å². The molecule has 1 aliphatic rings. The summed E-state index contributed by atoms with van der Waals surface area (Å²) in [7, 11) is 1.49. The molecule has 2 atom stereocenters. The van der Waals surface area contributed by atoms with Gasteiger partial charge >= 0.3 is 12.0 Å². The van der Waals surface area contributed by atoms with Gasteiger partial charge in [-0.2, -0.15) is 0 Å². The van der Waals surface area contributed by atoms with Gasteiger partial charge in [0.2, 0.25) is 0 Å². The minimum atomic E-state index is -1.07. The predicted octanol–water partition coefficient (Wildman–Crippen LogP) is 0.344. The molecule has 0 aliphatic carbocycles. The van der Waals surface area contributed by atoms with E-state index in [0.29, 0.717) is 13.2 Å². The highest BCUT2D eigenvalue weighted by Crippen LogP contribution is 2.17. The van der Waals surface area contributed by atoms with Crippen molar-refractivity contribution < 1.29 is 24.2 Å². The summed E-state index contributed by atoms with van der Waals surface area (Å²) in [5.74, 6) is -1.07. The highest BCUT2D eigenvalue weighted by molar-refractivity contribution is 5.82. The molecule has 7 heteroatoms. The number of amides is 2. The molecule has 1 rings (SSSR count). The Morgan fingerprint density at radius 2 is 2.26 bits per heavy atom. The summed E-state index contributed by atoms with van der Waals surface area (Å²) in [4.78, 5) is 22.8. The Morgan fingerprint density at radius 1 is 1.53 bits per heavy atom. The van der Waals surface area contributed by atoms with Gasteiger partial charge in [-0.1, -0.05) is 0 Å². The minimum Gasteiger partial charge on any atom is -0.480 e. The van der Waals surface area contributed by atoms with Crippen LogP contribution in [0.2, 0.25) is 0 Å². The monoisotopic (exact) mass is 274 g/mol. The molecule has 1 heterocycles. The highest BCUT2D eigenvalue weighted by Gasteiger charge is 2.30. The van der Waals surface area contributed by atoms with Crippen LogP contribution in [0.3, 0.4) is 0 Å². The lowest BCUT2D eigenvalue weighted by Crippen LogP contribution is -2.57. The lowest BCUT2D eigenvalue weighted by molar-refractivity contribution is -0.139. The van der Waals surface area contributed by atoms with Crippen LogP contribution < -0.4 is 10.6 Å². The van der Waals surface area contributed by atoms with Crippen molar-refractivity contribution in [1.29, 1.82) is 0 Å². The maximum absolute atomic E-state index is 11.8. The molecule has 7 nitrogen and oxygen atoms in total. The summed E-state index contributed by atoms with van der Waals surface area (Å²) >= 11 is 0. The summed E-state index contributed by atoms with van der Waals surface area (Å²) in [6.45, 7) is 3.30. The van der Waals surface area contributed by atoms with Crippen LogP contribution >= 0.6 is 0 Å². The van der Waals surface area contributed by atoms with Gasteiger partial charge in [0.15, 0.2) is 0 Å². The van der Waals surface area contributed by atoms with E-state index < -0.39 is 23.6 Å². The number of methoxy groups -OCH3 is 1. The normalized spacial score (nSPS) is 24.5. The Morgan fingerprint density at radius 3 is 2.79 bits per heavy atom. The van der Waals surface area contributed by atoms with Crippen LogP contribution in [-0.4, -0.2) is 55.6 Å². The summed E-state index contributed by atoms with van der Waals surface area (Å²) in [5.41, 5.74) is -0.438. The fraction of sp³-hybridized carbons (Fsp3) is 0.833. The van der Waals surface area contributed by atoms with Gasteiger partial charge in [0.25, 0.3) is 0 Å². The Labute approximate surface area is 112 Å². The van der Waals surface area contributed by atoms with Crippen molar-refractivity contribution in [3.8, 4) is 0 Å². The summed E-state index contributed by atoms with van der Waals surface area (Å²) in [5, 5.41) is 14.2. The van der Waals surface area contributed by atoms with Gasteiger partial charge in [0, 0.05) is 26.7 Å². The molecular weight excluding hydrogens is 252 g/mol. The number of urea groups is 1. The molecule has 2 amide bonds. The quantitative estimate of drug-likeness (QED) is 0.649. The van der Waals surface area contributed by atoms with E-state index in [1.54, 1.807) is 0 Å². The number of carboxylic acids is 1. The molecule has 1 fully saturated rings. The van der Waals surface area contributed by atoms with Crippen LogP contribution in [0.15, 0.2) is 0 Å². The van der Waals surface area contributed by atoms with E-state index in [-0.39, 0.29) is 13.0 Å².